The van der Waals surface area contributed by atoms with Gasteiger partial charge in [-0.1, -0.05) is 20.8 Å². The van der Waals surface area contributed by atoms with E-state index in [0.717, 1.165) is 82.3 Å². The highest BCUT2D eigenvalue weighted by atomic mass is 32.1. The second kappa shape index (κ2) is 11.6. The van der Waals surface area contributed by atoms with Crippen molar-refractivity contribution in [3.05, 3.63) is 29.8 Å². The van der Waals surface area contributed by atoms with E-state index in [0.29, 0.717) is 5.11 Å². The van der Waals surface area contributed by atoms with E-state index in [1.807, 2.05) is 0 Å². The van der Waals surface area contributed by atoms with Crippen molar-refractivity contribution >= 4 is 39.7 Å². The number of fused-ring (bicyclic) bond motifs is 1. The maximum Gasteiger partial charge on any atom is 0.170 e. The van der Waals surface area contributed by atoms with E-state index in [1.165, 1.54) is 10.9 Å². The van der Waals surface area contributed by atoms with Gasteiger partial charge in [-0.2, -0.15) is 0 Å². The number of nitrogens with zero attached hydrogens (tertiary/aromatic N) is 4. The first-order valence-electron chi connectivity index (χ1n) is 11.7. The Balaban J connectivity index is 1.58. The fourth-order valence-corrected chi connectivity index (χ4v) is 4.35. The van der Waals surface area contributed by atoms with Crippen LogP contribution in [0.15, 0.2) is 24.3 Å². The molecule has 0 saturated carbocycles. The standard InChI is InChI=1S/C24H38N6S/c1-5-28(6-2)12-8-11-25-24(31)26-20-9-10-22-21(18-20)19(4)17-23(27-22)30-15-13-29(7-3)14-16-30/h9-10,17-18H,5-8,11-16H2,1-4H3,(H2,25,26,31). The second-order valence-corrected chi connectivity index (χ2v) is 8.62. The third-order valence-corrected chi connectivity index (χ3v) is 6.48. The highest BCUT2D eigenvalue weighted by molar-refractivity contribution is 7.80. The maximum absolute atomic E-state index is 5.49. The van der Waals surface area contributed by atoms with Crippen LogP contribution in [-0.4, -0.2) is 78.8 Å². The molecule has 1 fully saturated rings. The van der Waals surface area contributed by atoms with Crippen LogP contribution in [-0.2, 0) is 0 Å². The van der Waals surface area contributed by atoms with Gasteiger partial charge in [0.15, 0.2) is 5.11 Å². The molecule has 1 saturated heterocycles. The quantitative estimate of drug-likeness (QED) is 0.453. The van der Waals surface area contributed by atoms with Gasteiger partial charge in [0.05, 0.1) is 5.52 Å². The Morgan fingerprint density at radius 3 is 2.52 bits per heavy atom. The zero-order valence-corrected chi connectivity index (χ0v) is 20.4. The molecule has 0 unspecified atom stereocenters. The third kappa shape index (κ3) is 6.51. The first kappa shape index (κ1) is 23.7. The molecule has 7 heteroatoms. The van der Waals surface area contributed by atoms with Gasteiger partial charge in [0.1, 0.15) is 5.82 Å². The summed E-state index contributed by atoms with van der Waals surface area (Å²) in [5, 5.41) is 8.50. The number of nitrogens with one attached hydrogen (secondary N) is 2. The van der Waals surface area contributed by atoms with E-state index in [1.54, 1.807) is 0 Å². The SMILES string of the molecule is CCN(CC)CCCNC(=S)Nc1ccc2nc(N3CCN(CC)CC3)cc(C)c2c1. The van der Waals surface area contributed by atoms with Gasteiger partial charge < -0.3 is 25.3 Å². The minimum absolute atomic E-state index is 0.676. The molecule has 1 aromatic heterocycles. The summed E-state index contributed by atoms with van der Waals surface area (Å²) in [6, 6.07) is 8.54. The molecule has 3 rings (SSSR count). The van der Waals surface area contributed by atoms with Crippen molar-refractivity contribution in [2.75, 3.05) is 69.1 Å². The summed E-state index contributed by atoms with van der Waals surface area (Å²) in [4.78, 5) is 12.3. The fraction of sp³-hybridized carbons (Fsp3) is 0.583. The van der Waals surface area contributed by atoms with Crippen molar-refractivity contribution in [3.63, 3.8) is 0 Å². The number of hydrogen-bond donors (Lipinski definition) is 2. The van der Waals surface area contributed by atoms with Crippen molar-refractivity contribution in [1.82, 2.24) is 20.1 Å². The first-order valence-corrected chi connectivity index (χ1v) is 12.1. The Morgan fingerprint density at radius 2 is 1.84 bits per heavy atom. The molecule has 2 N–H and O–H groups in total. The Hall–Kier alpha value is -1.96. The molecule has 0 atom stereocenters. The molecule has 0 aliphatic carbocycles. The highest BCUT2D eigenvalue weighted by Crippen LogP contribution is 2.26. The van der Waals surface area contributed by atoms with Gasteiger partial charge in [-0.25, -0.2) is 4.98 Å². The summed E-state index contributed by atoms with van der Waals surface area (Å²) >= 11 is 5.49. The molecule has 0 radical (unpaired) electrons. The summed E-state index contributed by atoms with van der Waals surface area (Å²) in [5.74, 6) is 1.09. The molecule has 2 heterocycles. The number of thiocarbonyl (C=S) groups is 1. The van der Waals surface area contributed by atoms with Gasteiger partial charge in [-0.05, 0) is 81.6 Å². The van der Waals surface area contributed by atoms with Crippen molar-refractivity contribution in [2.24, 2.45) is 0 Å². The van der Waals surface area contributed by atoms with Gasteiger partial charge in [-0.15, -0.1) is 0 Å². The zero-order chi connectivity index (χ0) is 22.2. The van der Waals surface area contributed by atoms with Gasteiger partial charge >= 0.3 is 0 Å². The Morgan fingerprint density at radius 1 is 1.10 bits per heavy atom. The molecule has 0 amide bonds. The minimum atomic E-state index is 0.676. The lowest BCUT2D eigenvalue weighted by atomic mass is 10.1. The van der Waals surface area contributed by atoms with E-state index < -0.39 is 0 Å². The summed E-state index contributed by atoms with van der Waals surface area (Å²) in [7, 11) is 0. The summed E-state index contributed by atoms with van der Waals surface area (Å²) in [5.41, 5.74) is 3.29. The normalized spacial score (nSPS) is 14.9. The van der Waals surface area contributed by atoms with E-state index >= 15 is 0 Å². The Bertz CT molecular complexity index is 859. The van der Waals surface area contributed by atoms with Gasteiger partial charge in [0, 0.05) is 43.8 Å². The minimum Gasteiger partial charge on any atom is -0.362 e. The lowest BCUT2D eigenvalue weighted by Gasteiger charge is -2.35. The van der Waals surface area contributed by atoms with E-state index in [2.05, 4.69) is 77.3 Å². The lowest BCUT2D eigenvalue weighted by molar-refractivity contribution is 0.270. The number of likely N-dealkylation sites (N-methyl/N-ethyl adjacent to an activating group) is 1. The van der Waals surface area contributed by atoms with Crippen molar-refractivity contribution in [3.8, 4) is 0 Å². The number of rotatable bonds is 9. The average molecular weight is 443 g/mol. The molecular formula is C24H38N6S. The average Bonchev–Trinajstić information content (AvgIpc) is 2.79. The van der Waals surface area contributed by atoms with Crippen LogP contribution in [0, 0.1) is 6.92 Å². The van der Waals surface area contributed by atoms with Crippen molar-refractivity contribution in [2.45, 2.75) is 34.1 Å². The Kier molecular flexibility index (Phi) is 8.87. The topological polar surface area (TPSA) is 46.7 Å². The third-order valence-electron chi connectivity index (χ3n) is 6.23. The number of anilines is 2. The largest absolute Gasteiger partial charge is 0.362 e. The van der Waals surface area contributed by atoms with Crippen LogP contribution in [0.25, 0.3) is 10.9 Å². The predicted octanol–water partition coefficient (Wildman–Crippen LogP) is 3.70. The van der Waals surface area contributed by atoms with Crippen molar-refractivity contribution < 1.29 is 0 Å². The molecule has 1 aliphatic rings. The number of benzene rings is 1. The van der Waals surface area contributed by atoms with Gasteiger partial charge in [0.25, 0.3) is 0 Å². The van der Waals surface area contributed by atoms with Crippen LogP contribution in [0.4, 0.5) is 11.5 Å². The van der Waals surface area contributed by atoms with Crippen LogP contribution in [0.2, 0.25) is 0 Å². The Labute approximate surface area is 193 Å². The summed E-state index contributed by atoms with van der Waals surface area (Å²) in [6.07, 6.45) is 1.08. The molecule has 2 aromatic rings. The molecular weight excluding hydrogens is 404 g/mol. The molecule has 6 nitrogen and oxygen atoms in total. The molecule has 1 aliphatic heterocycles. The van der Waals surface area contributed by atoms with Crippen LogP contribution < -0.4 is 15.5 Å². The van der Waals surface area contributed by atoms with E-state index in [9.17, 15) is 0 Å². The van der Waals surface area contributed by atoms with Crippen LogP contribution >= 0.6 is 12.2 Å². The van der Waals surface area contributed by atoms with Crippen LogP contribution in [0.5, 0.6) is 0 Å². The zero-order valence-electron chi connectivity index (χ0n) is 19.6. The monoisotopic (exact) mass is 442 g/mol. The highest BCUT2D eigenvalue weighted by Gasteiger charge is 2.17. The first-order chi connectivity index (χ1) is 15.0. The molecule has 1 aromatic carbocycles. The van der Waals surface area contributed by atoms with Crippen molar-refractivity contribution in [1.29, 1.82) is 0 Å². The number of piperazine rings is 1. The summed E-state index contributed by atoms with van der Waals surface area (Å²) < 4.78 is 0. The summed E-state index contributed by atoms with van der Waals surface area (Å²) in [6.45, 7) is 18.4. The maximum atomic E-state index is 5.49. The molecule has 0 spiro atoms. The van der Waals surface area contributed by atoms with Gasteiger partial charge in [-0.3, -0.25) is 0 Å². The lowest BCUT2D eigenvalue weighted by Crippen LogP contribution is -2.46. The molecule has 0 bridgehead atoms. The number of aromatic nitrogens is 1. The predicted molar refractivity (Wildman–Crippen MR) is 137 cm³/mol. The smallest absolute Gasteiger partial charge is 0.170 e. The number of pyridine rings is 1. The van der Waals surface area contributed by atoms with Crippen LogP contribution in [0.3, 0.4) is 0 Å². The van der Waals surface area contributed by atoms with Gasteiger partial charge in [0.2, 0.25) is 0 Å². The van der Waals surface area contributed by atoms with Crippen LogP contribution in [0.1, 0.15) is 32.8 Å². The fourth-order valence-electron chi connectivity index (χ4n) is 4.13. The molecule has 31 heavy (non-hydrogen) atoms. The second-order valence-electron chi connectivity index (χ2n) is 8.21. The van der Waals surface area contributed by atoms with E-state index in [-0.39, 0.29) is 0 Å². The molecule has 170 valence electrons. The van der Waals surface area contributed by atoms with E-state index in [4.69, 9.17) is 17.2 Å². The number of hydrogen-bond acceptors (Lipinski definition) is 5. The number of aryl methyl sites for hydroxylation is 1.